The molecule has 0 radical (unpaired) electrons. The van der Waals surface area contributed by atoms with Gasteiger partial charge in [0.1, 0.15) is 0 Å². The smallest absolute Gasteiger partial charge is 0.336 e. The van der Waals surface area contributed by atoms with Gasteiger partial charge in [-0.25, -0.2) is 4.79 Å². The van der Waals surface area contributed by atoms with E-state index >= 15 is 0 Å². The van der Waals surface area contributed by atoms with Gasteiger partial charge in [0.25, 0.3) is 0 Å². The highest BCUT2D eigenvalue weighted by Gasteiger charge is 2.30. The number of nitrogens with zero attached hydrogens (tertiary/aromatic N) is 2. The third-order valence-corrected chi connectivity index (χ3v) is 4.37. The molecule has 1 heterocycles. The molecule has 0 amide bonds. The van der Waals surface area contributed by atoms with Crippen LogP contribution in [-0.2, 0) is 11.3 Å². The van der Waals surface area contributed by atoms with Gasteiger partial charge >= 0.3 is 5.97 Å². The van der Waals surface area contributed by atoms with Gasteiger partial charge in [-0.15, -0.1) is 0 Å². The molecule has 2 rings (SSSR count). The Morgan fingerprint density at radius 2 is 1.86 bits per heavy atom. The number of piperazine rings is 1. The largest absolute Gasteiger partial charge is 0.478 e. The van der Waals surface area contributed by atoms with Gasteiger partial charge in [0.05, 0.1) is 12.2 Å². The van der Waals surface area contributed by atoms with E-state index < -0.39 is 5.97 Å². The molecule has 0 bridgehead atoms. The summed E-state index contributed by atoms with van der Waals surface area (Å²) in [7, 11) is 1.74. The van der Waals surface area contributed by atoms with Crippen molar-refractivity contribution in [2.45, 2.75) is 25.9 Å². The Kier molecular flexibility index (Phi) is 5.56. The standard InChI is InChI=1S/C17H26N2O3/c1-17(2,13-22-3)19-10-8-18(9-11-19)12-14-6-4-5-7-15(14)16(20)21/h4-7H,8-13H2,1-3H3,(H,20,21). The summed E-state index contributed by atoms with van der Waals surface area (Å²) in [5.41, 5.74) is 1.34. The molecule has 1 aromatic carbocycles. The zero-order chi connectivity index (χ0) is 16.2. The predicted octanol–water partition coefficient (Wildman–Crippen LogP) is 1.93. The van der Waals surface area contributed by atoms with Gasteiger partial charge in [-0.3, -0.25) is 9.80 Å². The topological polar surface area (TPSA) is 53.0 Å². The second kappa shape index (κ2) is 7.22. The SMILES string of the molecule is COCC(C)(C)N1CCN(Cc2ccccc2C(=O)O)CC1. The highest BCUT2D eigenvalue weighted by Crippen LogP contribution is 2.19. The van der Waals surface area contributed by atoms with Gasteiger partial charge in [0, 0.05) is 45.4 Å². The Morgan fingerprint density at radius 1 is 1.23 bits per heavy atom. The number of aromatic carboxylic acids is 1. The molecule has 5 heteroatoms. The van der Waals surface area contributed by atoms with E-state index in [9.17, 15) is 9.90 Å². The summed E-state index contributed by atoms with van der Waals surface area (Å²) in [6.45, 7) is 9.66. The van der Waals surface area contributed by atoms with E-state index in [0.29, 0.717) is 12.1 Å². The van der Waals surface area contributed by atoms with Crippen LogP contribution in [0.4, 0.5) is 0 Å². The number of carboxylic acids is 1. The highest BCUT2D eigenvalue weighted by atomic mass is 16.5. The van der Waals surface area contributed by atoms with Crippen LogP contribution < -0.4 is 0 Å². The lowest BCUT2D eigenvalue weighted by molar-refractivity contribution is 0.000694. The van der Waals surface area contributed by atoms with Crippen LogP contribution in [0.5, 0.6) is 0 Å². The molecular formula is C17H26N2O3. The summed E-state index contributed by atoms with van der Waals surface area (Å²) in [6.07, 6.45) is 0. The number of hydrogen-bond acceptors (Lipinski definition) is 4. The maximum absolute atomic E-state index is 11.3. The van der Waals surface area contributed by atoms with E-state index in [1.807, 2.05) is 12.1 Å². The van der Waals surface area contributed by atoms with Crippen LogP contribution in [0, 0.1) is 0 Å². The van der Waals surface area contributed by atoms with Crippen molar-refractivity contribution in [3.63, 3.8) is 0 Å². The highest BCUT2D eigenvalue weighted by molar-refractivity contribution is 5.89. The van der Waals surface area contributed by atoms with Gasteiger partial charge in [-0.1, -0.05) is 18.2 Å². The Morgan fingerprint density at radius 3 is 2.45 bits per heavy atom. The molecule has 1 aliphatic rings. The molecule has 0 saturated carbocycles. The Hall–Kier alpha value is -1.43. The molecule has 122 valence electrons. The van der Waals surface area contributed by atoms with E-state index in [1.54, 1.807) is 19.2 Å². The van der Waals surface area contributed by atoms with Crippen LogP contribution in [0.3, 0.4) is 0 Å². The van der Waals surface area contributed by atoms with Gasteiger partial charge in [-0.05, 0) is 25.5 Å². The fourth-order valence-corrected chi connectivity index (χ4v) is 3.06. The second-order valence-electron chi connectivity index (χ2n) is 6.47. The van der Waals surface area contributed by atoms with Crippen LogP contribution in [0.2, 0.25) is 0 Å². The maximum atomic E-state index is 11.3. The number of benzene rings is 1. The number of methoxy groups -OCH3 is 1. The summed E-state index contributed by atoms with van der Waals surface area (Å²) in [6, 6.07) is 7.26. The number of carbonyl (C=O) groups is 1. The minimum absolute atomic E-state index is 0.0415. The summed E-state index contributed by atoms with van der Waals surface area (Å²) in [4.78, 5) is 16.0. The summed E-state index contributed by atoms with van der Waals surface area (Å²) in [5, 5.41) is 9.26. The Bertz CT molecular complexity index is 508. The fourth-order valence-electron chi connectivity index (χ4n) is 3.06. The average molecular weight is 306 g/mol. The van der Waals surface area contributed by atoms with Crippen molar-refractivity contribution >= 4 is 5.97 Å². The zero-order valence-corrected chi connectivity index (χ0v) is 13.7. The third-order valence-electron chi connectivity index (χ3n) is 4.37. The van der Waals surface area contributed by atoms with E-state index in [4.69, 9.17) is 4.74 Å². The van der Waals surface area contributed by atoms with E-state index in [1.165, 1.54) is 0 Å². The van der Waals surface area contributed by atoms with E-state index in [0.717, 1.165) is 38.3 Å². The van der Waals surface area contributed by atoms with Crippen LogP contribution in [0.15, 0.2) is 24.3 Å². The Labute approximate surface area is 132 Å². The van der Waals surface area contributed by atoms with Gasteiger partial charge in [-0.2, -0.15) is 0 Å². The predicted molar refractivity (Wildman–Crippen MR) is 86.2 cm³/mol. The first-order chi connectivity index (χ1) is 10.4. The molecule has 0 atom stereocenters. The van der Waals surface area contributed by atoms with Crippen molar-refractivity contribution in [1.29, 1.82) is 0 Å². The first-order valence-electron chi connectivity index (χ1n) is 7.71. The molecule has 1 fully saturated rings. The molecule has 1 aromatic rings. The first-order valence-corrected chi connectivity index (χ1v) is 7.71. The second-order valence-corrected chi connectivity index (χ2v) is 6.47. The molecule has 1 saturated heterocycles. The normalized spacial score (nSPS) is 17.6. The van der Waals surface area contributed by atoms with E-state index in [-0.39, 0.29) is 5.54 Å². The monoisotopic (exact) mass is 306 g/mol. The minimum Gasteiger partial charge on any atom is -0.478 e. The fraction of sp³-hybridized carbons (Fsp3) is 0.588. The lowest BCUT2D eigenvalue weighted by atomic mass is 10.0. The first kappa shape index (κ1) is 16.9. The number of carboxylic acid groups (broad SMARTS) is 1. The van der Waals surface area contributed by atoms with E-state index in [2.05, 4.69) is 23.6 Å². The summed E-state index contributed by atoms with van der Waals surface area (Å²) >= 11 is 0. The summed E-state index contributed by atoms with van der Waals surface area (Å²) in [5.74, 6) is -0.851. The van der Waals surface area contributed by atoms with Gasteiger partial charge in [0.15, 0.2) is 0 Å². The van der Waals surface area contributed by atoms with Crippen molar-refractivity contribution in [2.24, 2.45) is 0 Å². The van der Waals surface area contributed by atoms with Crippen LogP contribution >= 0.6 is 0 Å². The van der Waals surface area contributed by atoms with Gasteiger partial charge in [0.2, 0.25) is 0 Å². The molecule has 1 N–H and O–H groups in total. The zero-order valence-electron chi connectivity index (χ0n) is 13.7. The molecule has 0 aliphatic carbocycles. The van der Waals surface area contributed by atoms with Crippen molar-refractivity contribution in [3.8, 4) is 0 Å². The molecule has 0 unspecified atom stereocenters. The summed E-state index contributed by atoms with van der Waals surface area (Å²) < 4.78 is 5.30. The van der Waals surface area contributed by atoms with Crippen LogP contribution in [-0.4, -0.2) is 66.3 Å². The number of hydrogen-bond donors (Lipinski definition) is 1. The third kappa shape index (κ3) is 4.06. The molecular weight excluding hydrogens is 280 g/mol. The van der Waals surface area contributed by atoms with Crippen molar-refractivity contribution in [2.75, 3.05) is 39.9 Å². The number of rotatable bonds is 6. The minimum atomic E-state index is -0.851. The lowest BCUT2D eigenvalue weighted by Crippen LogP contribution is -2.56. The maximum Gasteiger partial charge on any atom is 0.336 e. The molecule has 5 nitrogen and oxygen atoms in total. The average Bonchev–Trinajstić information content (AvgIpc) is 2.48. The molecule has 0 aromatic heterocycles. The van der Waals surface area contributed by atoms with Gasteiger partial charge < -0.3 is 9.84 Å². The quantitative estimate of drug-likeness (QED) is 0.870. The van der Waals surface area contributed by atoms with Crippen LogP contribution in [0.25, 0.3) is 0 Å². The van der Waals surface area contributed by atoms with Crippen LogP contribution in [0.1, 0.15) is 29.8 Å². The molecule has 0 spiro atoms. The van der Waals surface area contributed by atoms with Crippen molar-refractivity contribution < 1.29 is 14.6 Å². The molecule has 22 heavy (non-hydrogen) atoms. The number of ether oxygens (including phenoxy) is 1. The Balaban J connectivity index is 1.95. The molecule has 1 aliphatic heterocycles. The van der Waals surface area contributed by atoms with Crippen molar-refractivity contribution in [1.82, 2.24) is 9.80 Å². The van der Waals surface area contributed by atoms with Crippen molar-refractivity contribution in [3.05, 3.63) is 35.4 Å². The lowest BCUT2D eigenvalue weighted by Gasteiger charge is -2.43.